The lowest BCUT2D eigenvalue weighted by molar-refractivity contribution is 0.410. The van der Waals surface area contributed by atoms with Crippen molar-refractivity contribution in [3.63, 3.8) is 0 Å². The molecule has 1 aromatic carbocycles. The molecule has 3 aromatic rings. The Morgan fingerprint density at radius 3 is 2.64 bits per heavy atom. The van der Waals surface area contributed by atoms with Crippen LogP contribution in [0.15, 0.2) is 47.9 Å². The molecule has 10 heteroatoms. The van der Waals surface area contributed by atoms with Gasteiger partial charge in [-0.3, -0.25) is 0 Å². The third-order valence-corrected chi connectivity index (χ3v) is 5.70. The Labute approximate surface area is 163 Å². The maximum Gasteiger partial charge on any atom is 0.241 e. The van der Waals surface area contributed by atoms with Crippen molar-refractivity contribution in [3.8, 4) is 11.6 Å². The average molecular weight is 402 g/mol. The average Bonchev–Trinajstić information content (AvgIpc) is 3.20. The highest BCUT2D eigenvalue weighted by Crippen LogP contribution is 2.25. The SMILES string of the molecule is COc1cc(S(=O)(=O)NCCNc2cc(-n3cccn3)ncn2)c(C)cc1C. The highest BCUT2D eigenvalue weighted by Gasteiger charge is 2.18. The molecule has 28 heavy (non-hydrogen) atoms. The smallest absolute Gasteiger partial charge is 0.241 e. The van der Waals surface area contributed by atoms with Crippen molar-refractivity contribution in [2.45, 2.75) is 18.7 Å². The van der Waals surface area contributed by atoms with E-state index in [-0.39, 0.29) is 11.4 Å². The summed E-state index contributed by atoms with van der Waals surface area (Å²) >= 11 is 0. The van der Waals surface area contributed by atoms with Crippen molar-refractivity contribution in [2.24, 2.45) is 0 Å². The van der Waals surface area contributed by atoms with Crippen molar-refractivity contribution < 1.29 is 13.2 Å². The van der Waals surface area contributed by atoms with Crippen molar-refractivity contribution >= 4 is 15.8 Å². The van der Waals surface area contributed by atoms with Crippen LogP contribution in [0.2, 0.25) is 0 Å². The van der Waals surface area contributed by atoms with Gasteiger partial charge in [0.1, 0.15) is 17.9 Å². The molecule has 0 bridgehead atoms. The Balaban J connectivity index is 1.61. The summed E-state index contributed by atoms with van der Waals surface area (Å²) in [6.07, 6.45) is 4.86. The molecule has 0 atom stereocenters. The van der Waals surface area contributed by atoms with Crippen LogP contribution in [0.4, 0.5) is 5.82 Å². The van der Waals surface area contributed by atoms with E-state index in [1.807, 2.05) is 6.92 Å². The summed E-state index contributed by atoms with van der Waals surface area (Å²) in [4.78, 5) is 8.49. The summed E-state index contributed by atoms with van der Waals surface area (Å²) in [6, 6.07) is 6.87. The molecule has 0 aliphatic carbocycles. The highest BCUT2D eigenvalue weighted by atomic mass is 32.2. The first-order valence-corrected chi connectivity index (χ1v) is 10.1. The van der Waals surface area contributed by atoms with Crippen molar-refractivity contribution in [2.75, 3.05) is 25.5 Å². The van der Waals surface area contributed by atoms with Crippen LogP contribution in [0.5, 0.6) is 5.75 Å². The molecule has 0 aliphatic heterocycles. The van der Waals surface area contributed by atoms with Gasteiger partial charge in [-0.25, -0.2) is 27.8 Å². The van der Waals surface area contributed by atoms with Crippen molar-refractivity contribution in [1.82, 2.24) is 24.5 Å². The minimum absolute atomic E-state index is 0.194. The standard InChI is InChI=1S/C18H22N6O3S/c1-13-9-14(2)16(10-15(13)27-3)28(25,26)23-7-6-19-17-11-18(21-12-20-17)24-8-4-5-22-24/h4-5,8-12,23H,6-7H2,1-3H3,(H,19,20,21). The Kier molecular flexibility index (Phi) is 5.90. The number of aromatic nitrogens is 4. The number of nitrogens with one attached hydrogen (secondary N) is 2. The number of aryl methyl sites for hydroxylation is 2. The predicted octanol–water partition coefficient (Wildman–Crippen LogP) is 1.68. The summed E-state index contributed by atoms with van der Waals surface area (Å²) in [7, 11) is -2.14. The van der Waals surface area contributed by atoms with Crippen LogP contribution < -0.4 is 14.8 Å². The van der Waals surface area contributed by atoms with E-state index in [9.17, 15) is 8.42 Å². The van der Waals surface area contributed by atoms with Gasteiger partial charge in [-0.2, -0.15) is 5.10 Å². The zero-order valence-corrected chi connectivity index (χ0v) is 16.7. The van der Waals surface area contributed by atoms with Gasteiger partial charge in [0.15, 0.2) is 5.82 Å². The topological polar surface area (TPSA) is 111 Å². The molecular weight excluding hydrogens is 380 g/mol. The Bertz CT molecular complexity index is 1050. The molecule has 0 aliphatic rings. The summed E-state index contributed by atoms with van der Waals surface area (Å²) in [5.41, 5.74) is 1.55. The van der Waals surface area contributed by atoms with Gasteiger partial charge in [0.05, 0.1) is 12.0 Å². The minimum Gasteiger partial charge on any atom is -0.496 e. The molecule has 2 N–H and O–H groups in total. The summed E-state index contributed by atoms with van der Waals surface area (Å²) in [6.45, 7) is 4.19. The van der Waals surface area contributed by atoms with Crippen molar-refractivity contribution in [1.29, 1.82) is 0 Å². The van der Waals surface area contributed by atoms with Gasteiger partial charge in [0.25, 0.3) is 0 Å². The van der Waals surface area contributed by atoms with Crippen LogP contribution in [0.25, 0.3) is 5.82 Å². The van der Waals surface area contributed by atoms with Crippen LogP contribution in [0.3, 0.4) is 0 Å². The zero-order chi connectivity index (χ0) is 20.1. The number of anilines is 1. The van der Waals surface area contributed by atoms with Gasteiger partial charge in [-0.1, -0.05) is 6.07 Å². The van der Waals surface area contributed by atoms with E-state index in [2.05, 4.69) is 25.1 Å². The number of methoxy groups -OCH3 is 1. The summed E-state index contributed by atoms with van der Waals surface area (Å²) in [5.74, 6) is 1.73. The predicted molar refractivity (Wildman–Crippen MR) is 105 cm³/mol. The second-order valence-corrected chi connectivity index (χ2v) is 7.86. The van der Waals surface area contributed by atoms with Gasteiger partial charge >= 0.3 is 0 Å². The fourth-order valence-electron chi connectivity index (χ4n) is 2.75. The Hall–Kier alpha value is -2.98. The zero-order valence-electron chi connectivity index (χ0n) is 15.9. The molecule has 0 spiro atoms. The number of rotatable bonds is 8. The monoisotopic (exact) mass is 402 g/mol. The molecule has 0 radical (unpaired) electrons. The maximum absolute atomic E-state index is 12.6. The summed E-state index contributed by atoms with van der Waals surface area (Å²) in [5, 5.41) is 7.19. The van der Waals surface area contributed by atoms with Crippen LogP contribution in [-0.4, -0.2) is 48.4 Å². The minimum atomic E-state index is -3.66. The normalized spacial score (nSPS) is 11.4. The number of benzene rings is 1. The van der Waals surface area contributed by atoms with E-state index >= 15 is 0 Å². The van der Waals surface area contributed by atoms with Gasteiger partial charge in [0.2, 0.25) is 10.0 Å². The number of nitrogens with zero attached hydrogens (tertiary/aromatic N) is 4. The molecule has 0 amide bonds. The molecule has 2 aromatic heterocycles. The van der Waals surface area contributed by atoms with E-state index in [4.69, 9.17) is 4.74 Å². The molecule has 2 heterocycles. The lowest BCUT2D eigenvalue weighted by Gasteiger charge is -2.13. The Morgan fingerprint density at radius 2 is 1.93 bits per heavy atom. The molecule has 0 unspecified atom stereocenters. The first-order valence-electron chi connectivity index (χ1n) is 8.61. The number of hydrogen-bond donors (Lipinski definition) is 2. The number of sulfonamides is 1. The third-order valence-electron chi connectivity index (χ3n) is 4.10. The molecule has 9 nitrogen and oxygen atoms in total. The molecule has 0 fully saturated rings. The van der Waals surface area contributed by atoms with Gasteiger partial charge in [0, 0.05) is 37.6 Å². The van der Waals surface area contributed by atoms with Crippen LogP contribution in [-0.2, 0) is 10.0 Å². The second kappa shape index (κ2) is 8.36. The number of hydrogen-bond acceptors (Lipinski definition) is 7. The largest absolute Gasteiger partial charge is 0.496 e. The lowest BCUT2D eigenvalue weighted by atomic mass is 10.1. The summed E-state index contributed by atoms with van der Waals surface area (Å²) < 4.78 is 34.7. The van der Waals surface area contributed by atoms with E-state index < -0.39 is 10.0 Å². The first kappa shape index (κ1) is 19.8. The van der Waals surface area contributed by atoms with Crippen LogP contribution in [0.1, 0.15) is 11.1 Å². The van der Waals surface area contributed by atoms with Gasteiger partial charge in [-0.15, -0.1) is 0 Å². The fraction of sp³-hybridized carbons (Fsp3) is 0.278. The third kappa shape index (κ3) is 4.46. The van der Waals surface area contributed by atoms with E-state index in [0.29, 0.717) is 29.5 Å². The van der Waals surface area contributed by atoms with E-state index in [0.717, 1.165) is 5.56 Å². The maximum atomic E-state index is 12.6. The Morgan fingerprint density at radius 1 is 1.11 bits per heavy atom. The van der Waals surface area contributed by atoms with E-state index in [1.165, 1.54) is 13.4 Å². The second-order valence-electron chi connectivity index (χ2n) is 6.12. The molecule has 148 valence electrons. The number of ether oxygens (including phenoxy) is 1. The van der Waals surface area contributed by atoms with Crippen LogP contribution in [0, 0.1) is 13.8 Å². The van der Waals surface area contributed by atoms with Gasteiger partial charge in [-0.05, 0) is 31.0 Å². The van der Waals surface area contributed by atoms with Crippen LogP contribution >= 0.6 is 0 Å². The highest BCUT2D eigenvalue weighted by molar-refractivity contribution is 7.89. The molecule has 0 saturated carbocycles. The first-order chi connectivity index (χ1) is 13.4. The van der Waals surface area contributed by atoms with Crippen molar-refractivity contribution in [3.05, 3.63) is 54.1 Å². The lowest BCUT2D eigenvalue weighted by Crippen LogP contribution is -2.29. The molecule has 0 saturated heterocycles. The fourth-order valence-corrected chi connectivity index (χ4v) is 4.02. The molecular formula is C18H22N6O3S. The van der Waals surface area contributed by atoms with E-state index in [1.54, 1.807) is 48.3 Å². The van der Waals surface area contributed by atoms with Gasteiger partial charge < -0.3 is 10.1 Å². The molecule has 3 rings (SSSR count). The quantitative estimate of drug-likeness (QED) is 0.552.